The molecule has 0 atom stereocenters. The van der Waals surface area contributed by atoms with Gasteiger partial charge < -0.3 is 15.4 Å². The highest BCUT2D eigenvalue weighted by molar-refractivity contribution is 9.10. The number of anilines is 2. The number of carbonyl (C=O) groups is 2. The lowest BCUT2D eigenvalue weighted by Gasteiger charge is -2.13. The SMILES string of the molecule is Cc1ccc(NC(=O)COc2ccc3ccccc3c2Br)cc1NC(=O)C1CC1. The zero-order valence-electron chi connectivity index (χ0n) is 16.0. The van der Waals surface area contributed by atoms with Gasteiger partial charge in [0.15, 0.2) is 6.61 Å². The molecular formula is C23H21BrN2O3. The van der Waals surface area contributed by atoms with Crippen LogP contribution >= 0.6 is 15.9 Å². The number of hydrogen-bond acceptors (Lipinski definition) is 3. The summed E-state index contributed by atoms with van der Waals surface area (Å²) >= 11 is 3.56. The van der Waals surface area contributed by atoms with Crippen LogP contribution in [0.1, 0.15) is 18.4 Å². The number of amides is 2. The number of hydrogen-bond donors (Lipinski definition) is 2. The molecule has 29 heavy (non-hydrogen) atoms. The zero-order valence-corrected chi connectivity index (χ0v) is 17.6. The van der Waals surface area contributed by atoms with E-state index in [0.717, 1.165) is 39.3 Å². The van der Waals surface area contributed by atoms with E-state index in [0.29, 0.717) is 11.4 Å². The second kappa shape index (κ2) is 8.25. The molecule has 0 spiro atoms. The number of aryl methyl sites for hydroxylation is 1. The van der Waals surface area contributed by atoms with Gasteiger partial charge in [-0.3, -0.25) is 9.59 Å². The van der Waals surface area contributed by atoms with Gasteiger partial charge in [0, 0.05) is 17.3 Å². The third kappa shape index (κ3) is 4.59. The van der Waals surface area contributed by atoms with Crippen molar-refractivity contribution >= 4 is 49.9 Å². The predicted molar refractivity (Wildman–Crippen MR) is 118 cm³/mol. The highest BCUT2D eigenvalue weighted by atomic mass is 79.9. The molecule has 2 amide bonds. The van der Waals surface area contributed by atoms with Gasteiger partial charge in [0.2, 0.25) is 5.91 Å². The van der Waals surface area contributed by atoms with E-state index >= 15 is 0 Å². The summed E-state index contributed by atoms with van der Waals surface area (Å²) < 4.78 is 6.53. The van der Waals surface area contributed by atoms with Crippen LogP contribution < -0.4 is 15.4 Å². The molecule has 0 saturated heterocycles. The van der Waals surface area contributed by atoms with E-state index in [9.17, 15) is 9.59 Å². The Balaban J connectivity index is 1.40. The third-order valence-electron chi connectivity index (χ3n) is 4.91. The molecule has 3 aromatic carbocycles. The van der Waals surface area contributed by atoms with Crippen molar-refractivity contribution in [2.75, 3.05) is 17.2 Å². The summed E-state index contributed by atoms with van der Waals surface area (Å²) in [5.74, 6) is 0.510. The minimum absolute atomic E-state index is 0.0427. The molecule has 5 nitrogen and oxygen atoms in total. The summed E-state index contributed by atoms with van der Waals surface area (Å²) in [6, 6.07) is 17.2. The summed E-state index contributed by atoms with van der Waals surface area (Å²) in [6.07, 6.45) is 1.89. The van der Waals surface area contributed by atoms with Crippen LogP contribution in [0.3, 0.4) is 0 Å². The molecule has 0 aromatic heterocycles. The van der Waals surface area contributed by atoms with Crippen LogP contribution in [-0.4, -0.2) is 18.4 Å². The maximum Gasteiger partial charge on any atom is 0.262 e. The second-order valence-corrected chi connectivity index (χ2v) is 8.02. The van der Waals surface area contributed by atoms with Crippen molar-refractivity contribution in [1.29, 1.82) is 0 Å². The number of nitrogens with one attached hydrogen (secondary N) is 2. The molecule has 6 heteroatoms. The van der Waals surface area contributed by atoms with Gasteiger partial charge in [-0.2, -0.15) is 0 Å². The van der Waals surface area contributed by atoms with Crippen molar-refractivity contribution in [3.8, 4) is 5.75 Å². The molecule has 1 aliphatic rings. The molecule has 1 saturated carbocycles. The predicted octanol–water partition coefficient (Wildman–Crippen LogP) is 5.28. The standard InChI is InChI=1S/C23H21BrN2O3/c1-14-6-10-17(12-19(14)26-23(28)16-7-8-16)25-21(27)13-29-20-11-9-15-4-2-3-5-18(15)22(20)24/h2-6,9-12,16H,7-8,13H2,1H3,(H,25,27)(H,26,28). The maximum atomic E-state index is 12.4. The number of ether oxygens (including phenoxy) is 1. The number of rotatable bonds is 6. The summed E-state index contributed by atoms with van der Waals surface area (Å²) in [6.45, 7) is 1.81. The van der Waals surface area contributed by atoms with E-state index < -0.39 is 0 Å². The zero-order chi connectivity index (χ0) is 20.4. The van der Waals surface area contributed by atoms with Crippen LogP contribution in [0.4, 0.5) is 11.4 Å². The topological polar surface area (TPSA) is 67.4 Å². The van der Waals surface area contributed by atoms with Crippen molar-refractivity contribution < 1.29 is 14.3 Å². The van der Waals surface area contributed by atoms with Crippen molar-refractivity contribution in [2.45, 2.75) is 19.8 Å². The first-order valence-electron chi connectivity index (χ1n) is 9.52. The molecule has 1 aliphatic carbocycles. The fourth-order valence-corrected chi connectivity index (χ4v) is 3.69. The molecule has 0 bridgehead atoms. The lowest BCUT2D eigenvalue weighted by molar-refractivity contribution is -0.118. The van der Waals surface area contributed by atoms with Crippen LogP contribution in [0.2, 0.25) is 0 Å². The maximum absolute atomic E-state index is 12.4. The minimum atomic E-state index is -0.270. The summed E-state index contributed by atoms with van der Waals surface area (Å²) in [4.78, 5) is 24.4. The quantitative estimate of drug-likeness (QED) is 0.534. The molecule has 0 radical (unpaired) electrons. The van der Waals surface area contributed by atoms with E-state index in [1.54, 1.807) is 6.07 Å². The number of carbonyl (C=O) groups excluding carboxylic acids is 2. The first-order valence-corrected chi connectivity index (χ1v) is 10.3. The Bertz CT molecular complexity index is 1090. The number of benzene rings is 3. The van der Waals surface area contributed by atoms with Crippen molar-refractivity contribution in [3.05, 3.63) is 64.6 Å². The average Bonchev–Trinajstić information content (AvgIpc) is 3.56. The van der Waals surface area contributed by atoms with Gasteiger partial charge in [0.05, 0.1) is 4.47 Å². The minimum Gasteiger partial charge on any atom is -0.483 e. The van der Waals surface area contributed by atoms with Gasteiger partial charge in [-0.05, 0) is 70.2 Å². The van der Waals surface area contributed by atoms with E-state index in [2.05, 4.69) is 26.6 Å². The van der Waals surface area contributed by atoms with Gasteiger partial charge in [0.25, 0.3) is 5.91 Å². The average molecular weight is 453 g/mol. The highest BCUT2D eigenvalue weighted by Gasteiger charge is 2.29. The monoisotopic (exact) mass is 452 g/mol. The molecule has 0 aliphatic heterocycles. The van der Waals surface area contributed by atoms with Gasteiger partial charge >= 0.3 is 0 Å². The largest absolute Gasteiger partial charge is 0.483 e. The number of halogens is 1. The van der Waals surface area contributed by atoms with Crippen LogP contribution in [0.25, 0.3) is 10.8 Å². The van der Waals surface area contributed by atoms with E-state index in [-0.39, 0.29) is 24.3 Å². The van der Waals surface area contributed by atoms with Crippen LogP contribution in [0.15, 0.2) is 59.1 Å². The molecular weight excluding hydrogens is 432 g/mol. The van der Waals surface area contributed by atoms with Gasteiger partial charge in [-0.25, -0.2) is 0 Å². The Kier molecular flexibility index (Phi) is 5.53. The Morgan fingerprint density at radius 2 is 1.86 bits per heavy atom. The van der Waals surface area contributed by atoms with E-state index in [1.165, 1.54) is 0 Å². The molecule has 148 valence electrons. The molecule has 0 heterocycles. The normalized spacial score (nSPS) is 13.2. The van der Waals surface area contributed by atoms with Crippen LogP contribution in [-0.2, 0) is 9.59 Å². The van der Waals surface area contributed by atoms with Crippen LogP contribution in [0.5, 0.6) is 5.75 Å². The third-order valence-corrected chi connectivity index (χ3v) is 5.73. The fourth-order valence-electron chi connectivity index (χ4n) is 3.08. The lowest BCUT2D eigenvalue weighted by atomic mass is 10.1. The molecule has 3 aromatic rings. The van der Waals surface area contributed by atoms with Crippen molar-refractivity contribution in [2.24, 2.45) is 5.92 Å². The fraction of sp³-hybridized carbons (Fsp3) is 0.217. The van der Waals surface area contributed by atoms with E-state index in [1.807, 2.05) is 55.5 Å². The van der Waals surface area contributed by atoms with Gasteiger partial charge in [-0.1, -0.05) is 36.4 Å². The Labute approximate surface area is 177 Å². The Morgan fingerprint density at radius 1 is 1.07 bits per heavy atom. The Hall–Kier alpha value is -2.86. The van der Waals surface area contributed by atoms with Crippen molar-refractivity contribution in [1.82, 2.24) is 0 Å². The smallest absolute Gasteiger partial charge is 0.262 e. The summed E-state index contributed by atoms with van der Waals surface area (Å²) in [5, 5.41) is 7.89. The summed E-state index contributed by atoms with van der Waals surface area (Å²) in [5.41, 5.74) is 2.29. The molecule has 1 fully saturated rings. The van der Waals surface area contributed by atoms with Gasteiger partial charge in [0.1, 0.15) is 5.75 Å². The Morgan fingerprint density at radius 3 is 2.66 bits per heavy atom. The first-order chi connectivity index (χ1) is 14.0. The molecule has 4 rings (SSSR count). The highest BCUT2D eigenvalue weighted by Crippen LogP contribution is 2.33. The lowest BCUT2D eigenvalue weighted by Crippen LogP contribution is -2.20. The van der Waals surface area contributed by atoms with Gasteiger partial charge in [-0.15, -0.1) is 0 Å². The van der Waals surface area contributed by atoms with E-state index in [4.69, 9.17) is 4.74 Å². The molecule has 0 unspecified atom stereocenters. The molecule has 2 N–H and O–H groups in total. The second-order valence-electron chi connectivity index (χ2n) is 7.23. The first kappa shape index (κ1) is 19.5. The number of fused-ring (bicyclic) bond motifs is 1. The van der Waals surface area contributed by atoms with Crippen LogP contribution in [0, 0.1) is 12.8 Å². The van der Waals surface area contributed by atoms with Crippen molar-refractivity contribution in [3.63, 3.8) is 0 Å². The summed E-state index contributed by atoms with van der Waals surface area (Å²) in [7, 11) is 0.